The highest BCUT2D eigenvalue weighted by molar-refractivity contribution is 6.02. The van der Waals surface area contributed by atoms with Crippen molar-refractivity contribution in [2.45, 2.75) is 32.0 Å². The lowest BCUT2D eigenvalue weighted by molar-refractivity contribution is -0.385. The third-order valence-electron chi connectivity index (χ3n) is 2.96. The molecule has 1 rings (SSSR count). The van der Waals surface area contributed by atoms with Crippen molar-refractivity contribution in [3.63, 3.8) is 0 Å². The highest BCUT2D eigenvalue weighted by Gasteiger charge is 2.36. The van der Waals surface area contributed by atoms with Crippen LogP contribution in [0.4, 0.5) is 18.9 Å². The van der Waals surface area contributed by atoms with Crippen molar-refractivity contribution in [1.82, 2.24) is 0 Å². The molecule has 1 aromatic carbocycles. The van der Waals surface area contributed by atoms with Gasteiger partial charge in [0.25, 0.3) is 5.69 Å². The fraction of sp³-hybridized carbons (Fsp3) is 0.357. The van der Waals surface area contributed by atoms with Gasteiger partial charge in [-0.3, -0.25) is 24.5 Å². The maximum absolute atomic E-state index is 12.6. The number of Topliss-reactive ketones (excluding diaryl/α,β-unsaturated/α-hetero) is 1. The molecule has 0 N–H and O–H groups in total. The quantitative estimate of drug-likeness (QED) is 0.258. The SMILES string of the molecule is CC(=O)OC(C)(C=O)CC(=O)c1ccc(C(F)(F)F)cc1[N+](=O)[O-]. The van der Waals surface area contributed by atoms with E-state index in [1.807, 2.05) is 0 Å². The van der Waals surface area contributed by atoms with Crippen molar-refractivity contribution in [2.24, 2.45) is 0 Å². The van der Waals surface area contributed by atoms with Crippen LogP contribution in [-0.2, 0) is 20.5 Å². The average molecular weight is 347 g/mol. The van der Waals surface area contributed by atoms with Crippen LogP contribution in [0.5, 0.6) is 0 Å². The van der Waals surface area contributed by atoms with E-state index in [-0.39, 0.29) is 12.4 Å². The van der Waals surface area contributed by atoms with Crippen LogP contribution in [0.1, 0.15) is 36.2 Å². The molecule has 7 nitrogen and oxygen atoms in total. The summed E-state index contributed by atoms with van der Waals surface area (Å²) in [6.45, 7) is 2.10. The second kappa shape index (κ2) is 6.77. The number of alkyl halides is 3. The number of carbonyl (C=O) groups is 3. The van der Waals surface area contributed by atoms with Gasteiger partial charge in [0.15, 0.2) is 17.7 Å². The largest absolute Gasteiger partial charge is 0.451 e. The lowest BCUT2D eigenvalue weighted by Gasteiger charge is -2.21. The Morgan fingerprint density at radius 3 is 2.33 bits per heavy atom. The zero-order valence-corrected chi connectivity index (χ0v) is 12.5. The fourth-order valence-electron chi connectivity index (χ4n) is 1.94. The predicted octanol–water partition coefficient (Wildman–Crippen LogP) is 2.71. The van der Waals surface area contributed by atoms with Gasteiger partial charge < -0.3 is 4.74 Å². The Hall–Kier alpha value is -2.78. The molecule has 1 unspecified atom stereocenters. The lowest BCUT2D eigenvalue weighted by Crippen LogP contribution is -2.35. The lowest BCUT2D eigenvalue weighted by atomic mass is 9.95. The molecule has 1 atom stereocenters. The van der Waals surface area contributed by atoms with Gasteiger partial charge in [0.05, 0.1) is 22.5 Å². The number of carbonyl (C=O) groups excluding carboxylic acids is 3. The van der Waals surface area contributed by atoms with Gasteiger partial charge in [-0.2, -0.15) is 13.2 Å². The second-order valence-electron chi connectivity index (χ2n) is 5.11. The molecule has 0 heterocycles. The van der Waals surface area contributed by atoms with Crippen LogP contribution < -0.4 is 0 Å². The van der Waals surface area contributed by atoms with Gasteiger partial charge in [-0.15, -0.1) is 0 Å². The van der Waals surface area contributed by atoms with E-state index in [0.717, 1.165) is 13.8 Å². The first kappa shape index (κ1) is 19.3. The summed E-state index contributed by atoms with van der Waals surface area (Å²) in [5, 5.41) is 10.9. The van der Waals surface area contributed by atoms with Crippen LogP contribution in [-0.4, -0.2) is 28.6 Å². The summed E-state index contributed by atoms with van der Waals surface area (Å²) in [5.41, 5.74) is -4.83. The molecule has 0 spiro atoms. The molecule has 24 heavy (non-hydrogen) atoms. The Bertz CT molecular complexity index is 700. The standard InChI is InChI=1S/C14H12F3NO6/c1-8(20)24-13(2,7-19)6-12(21)10-4-3-9(14(15,16)17)5-11(10)18(22)23/h3-5,7H,6H2,1-2H3. The molecule has 0 radical (unpaired) electrons. The number of esters is 1. The molecule has 0 amide bonds. The maximum atomic E-state index is 12.6. The smallest absolute Gasteiger partial charge is 0.416 e. The van der Waals surface area contributed by atoms with Crippen molar-refractivity contribution >= 4 is 23.7 Å². The molecule has 0 aliphatic rings. The summed E-state index contributed by atoms with van der Waals surface area (Å²) in [5.74, 6) is -1.87. The molecule has 0 aliphatic heterocycles. The Labute approximate surface area is 133 Å². The summed E-state index contributed by atoms with van der Waals surface area (Å²) < 4.78 is 42.5. The first-order valence-electron chi connectivity index (χ1n) is 6.44. The number of hydrogen-bond acceptors (Lipinski definition) is 6. The monoisotopic (exact) mass is 347 g/mol. The summed E-state index contributed by atoms with van der Waals surface area (Å²) >= 11 is 0. The van der Waals surface area contributed by atoms with Gasteiger partial charge in [-0.25, -0.2) is 0 Å². The van der Waals surface area contributed by atoms with E-state index in [1.54, 1.807) is 0 Å². The van der Waals surface area contributed by atoms with E-state index in [9.17, 15) is 37.7 Å². The van der Waals surface area contributed by atoms with Gasteiger partial charge in [-0.05, 0) is 19.1 Å². The molecule has 0 aromatic heterocycles. The van der Waals surface area contributed by atoms with Crippen LogP contribution in [0.3, 0.4) is 0 Å². The first-order valence-corrected chi connectivity index (χ1v) is 6.44. The van der Waals surface area contributed by atoms with E-state index in [1.165, 1.54) is 0 Å². The zero-order valence-electron chi connectivity index (χ0n) is 12.5. The highest BCUT2D eigenvalue weighted by atomic mass is 19.4. The third-order valence-corrected chi connectivity index (χ3v) is 2.96. The molecule has 0 aliphatic carbocycles. The Morgan fingerprint density at radius 1 is 1.33 bits per heavy atom. The molecule has 1 aromatic rings. The molecule has 10 heteroatoms. The van der Waals surface area contributed by atoms with Crippen LogP contribution in [0.2, 0.25) is 0 Å². The minimum Gasteiger partial charge on any atom is -0.451 e. The second-order valence-corrected chi connectivity index (χ2v) is 5.11. The van der Waals surface area contributed by atoms with E-state index in [0.29, 0.717) is 12.1 Å². The van der Waals surface area contributed by atoms with Crippen molar-refractivity contribution in [1.29, 1.82) is 0 Å². The molecule has 130 valence electrons. The third kappa shape index (κ3) is 4.61. The van der Waals surface area contributed by atoms with Gasteiger partial charge >= 0.3 is 12.1 Å². The average Bonchev–Trinajstić information content (AvgIpc) is 2.44. The van der Waals surface area contributed by atoms with Crippen molar-refractivity contribution in [2.75, 3.05) is 0 Å². The topological polar surface area (TPSA) is 104 Å². The van der Waals surface area contributed by atoms with Crippen LogP contribution in [0.25, 0.3) is 0 Å². The molecular weight excluding hydrogens is 335 g/mol. The fourth-order valence-corrected chi connectivity index (χ4v) is 1.94. The van der Waals surface area contributed by atoms with Crippen molar-refractivity contribution in [3.8, 4) is 0 Å². The predicted molar refractivity (Wildman–Crippen MR) is 73.3 cm³/mol. The van der Waals surface area contributed by atoms with Gasteiger partial charge in [0, 0.05) is 13.0 Å². The number of ether oxygens (including phenoxy) is 1. The number of halogens is 3. The number of ketones is 1. The zero-order chi connectivity index (χ0) is 18.7. The normalized spacial score (nSPS) is 13.7. The van der Waals surface area contributed by atoms with Gasteiger partial charge in [0.2, 0.25) is 0 Å². The highest BCUT2D eigenvalue weighted by Crippen LogP contribution is 2.33. The minimum atomic E-state index is -4.82. The number of rotatable bonds is 6. The van der Waals surface area contributed by atoms with Crippen molar-refractivity contribution < 1.29 is 37.2 Å². The van der Waals surface area contributed by atoms with Gasteiger partial charge in [0.1, 0.15) is 0 Å². The number of nitro groups is 1. The number of benzene rings is 1. The van der Waals surface area contributed by atoms with Crippen LogP contribution >= 0.6 is 0 Å². The van der Waals surface area contributed by atoms with E-state index in [4.69, 9.17) is 0 Å². The van der Waals surface area contributed by atoms with Crippen molar-refractivity contribution in [3.05, 3.63) is 39.4 Å². The van der Waals surface area contributed by atoms with E-state index < -0.39 is 51.7 Å². The molecule has 0 fully saturated rings. The molecule has 0 saturated carbocycles. The Morgan fingerprint density at radius 2 is 1.92 bits per heavy atom. The summed E-state index contributed by atoms with van der Waals surface area (Å²) in [6, 6.07) is 1.41. The maximum Gasteiger partial charge on any atom is 0.416 e. The number of nitrogens with zero attached hydrogens (tertiary/aromatic N) is 1. The Kier molecular flexibility index (Phi) is 5.43. The van der Waals surface area contributed by atoms with E-state index >= 15 is 0 Å². The van der Waals surface area contributed by atoms with E-state index in [2.05, 4.69) is 4.74 Å². The summed E-state index contributed by atoms with van der Waals surface area (Å²) in [6.07, 6.45) is -5.40. The summed E-state index contributed by atoms with van der Waals surface area (Å²) in [7, 11) is 0. The molecule has 0 bridgehead atoms. The van der Waals surface area contributed by atoms with Crippen LogP contribution in [0.15, 0.2) is 18.2 Å². The number of nitro benzene ring substituents is 1. The first-order chi connectivity index (χ1) is 10.9. The molecule has 0 saturated heterocycles. The summed E-state index contributed by atoms with van der Waals surface area (Å²) in [4.78, 5) is 43.9. The van der Waals surface area contributed by atoms with Gasteiger partial charge in [-0.1, -0.05) is 0 Å². The molecular formula is C14H12F3NO6. The number of aldehydes is 1. The Balaban J connectivity index is 3.25. The van der Waals surface area contributed by atoms with Crippen LogP contribution in [0, 0.1) is 10.1 Å². The number of hydrogen-bond donors (Lipinski definition) is 0. The minimum absolute atomic E-state index is 0.169.